The van der Waals surface area contributed by atoms with Crippen molar-refractivity contribution in [2.45, 2.75) is 31.1 Å². The Labute approximate surface area is 114 Å². The standard InChI is InChI=1S/C14H18N2O2S/c1-2-8-16(11-12-6-7-12)19(17,18)14-5-3-4-13(9-14)10-15/h3-5,9,12H,2,6-8,11H2,1H3. The van der Waals surface area contributed by atoms with Gasteiger partial charge in [0.05, 0.1) is 16.5 Å². The summed E-state index contributed by atoms with van der Waals surface area (Å²) < 4.78 is 26.7. The van der Waals surface area contributed by atoms with Crippen molar-refractivity contribution in [1.29, 1.82) is 5.26 Å². The van der Waals surface area contributed by atoms with Gasteiger partial charge in [-0.2, -0.15) is 9.57 Å². The first-order valence-electron chi connectivity index (χ1n) is 6.58. The number of nitriles is 1. The molecule has 1 aromatic carbocycles. The number of nitrogens with zero attached hydrogens (tertiary/aromatic N) is 2. The number of sulfonamides is 1. The fraction of sp³-hybridized carbons (Fsp3) is 0.500. The summed E-state index contributed by atoms with van der Waals surface area (Å²) in [6.07, 6.45) is 3.03. The van der Waals surface area contributed by atoms with Gasteiger partial charge in [0.15, 0.2) is 0 Å². The van der Waals surface area contributed by atoms with Crippen LogP contribution in [-0.2, 0) is 10.0 Å². The van der Waals surface area contributed by atoms with Gasteiger partial charge in [-0.3, -0.25) is 0 Å². The second-order valence-corrected chi connectivity index (χ2v) is 6.88. The van der Waals surface area contributed by atoms with Crippen LogP contribution in [0.25, 0.3) is 0 Å². The van der Waals surface area contributed by atoms with Crippen molar-refractivity contribution in [2.75, 3.05) is 13.1 Å². The molecule has 0 radical (unpaired) electrons. The minimum Gasteiger partial charge on any atom is -0.207 e. The second-order valence-electron chi connectivity index (χ2n) is 4.95. The maximum atomic E-state index is 12.6. The van der Waals surface area contributed by atoms with E-state index in [9.17, 15) is 8.42 Å². The van der Waals surface area contributed by atoms with Crippen molar-refractivity contribution in [3.8, 4) is 6.07 Å². The topological polar surface area (TPSA) is 61.2 Å². The van der Waals surface area contributed by atoms with Gasteiger partial charge < -0.3 is 0 Å². The van der Waals surface area contributed by atoms with Gasteiger partial charge in [0.1, 0.15) is 0 Å². The summed E-state index contributed by atoms with van der Waals surface area (Å²) in [5, 5.41) is 8.87. The Hall–Kier alpha value is -1.38. The average molecular weight is 278 g/mol. The molecular weight excluding hydrogens is 260 g/mol. The Kier molecular flexibility index (Phi) is 4.23. The molecule has 0 saturated heterocycles. The van der Waals surface area contributed by atoms with Crippen molar-refractivity contribution in [3.63, 3.8) is 0 Å². The molecule has 5 heteroatoms. The van der Waals surface area contributed by atoms with Gasteiger partial charge in [0.2, 0.25) is 10.0 Å². The quantitative estimate of drug-likeness (QED) is 0.802. The van der Waals surface area contributed by atoms with E-state index in [2.05, 4.69) is 0 Å². The van der Waals surface area contributed by atoms with Crippen LogP contribution in [-0.4, -0.2) is 25.8 Å². The molecule has 19 heavy (non-hydrogen) atoms. The van der Waals surface area contributed by atoms with Gasteiger partial charge in [-0.1, -0.05) is 13.0 Å². The highest BCUT2D eigenvalue weighted by Gasteiger charge is 2.31. The Morgan fingerprint density at radius 2 is 2.16 bits per heavy atom. The maximum absolute atomic E-state index is 12.6. The highest BCUT2D eigenvalue weighted by molar-refractivity contribution is 7.89. The number of hydrogen-bond donors (Lipinski definition) is 0. The molecule has 102 valence electrons. The third kappa shape index (κ3) is 3.34. The van der Waals surface area contributed by atoms with Crippen LogP contribution in [0.3, 0.4) is 0 Å². The number of benzene rings is 1. The number of rotatable bonds is 6. The zero-order valence-corrected chi connectivity index (χ0v) is 11.9. The van der Waals surface area contributed by atoms with E-state index in [0.717, 1.165) is 19.3 Å². The zero-order valence-electron chi connectivity index (χ0n) is 11.0. The van der Waals surface area contributed by atoms with Crippen molar-refractivity contribution < 1.29 is 8.42 Å². The van der Waals surface area contributed by atoms with E-state index in [1.165, 1.54) is 6.07 Å². The summed E-state index contributed by atoms with van der Waals surface area (Å²) in [7, 11) is -3.47. The van der Waals surface area contributed by atoms with Crippen LogP contribution < -0.4 is 0 Å². The molecule has 4 nitrogen and oxygen atoms in total. The van der Waals surface area contributed by atoms with Crippen molar-refractivity contribution in [2.24, 2.45) is 5.92 Å². The third-order valence-electron chi connectivity index (χ3n) is 3.23. The molecule has 0 aliphatic heterocycles. The molecule has 1 aliphatic rings. The van der Waals surface area contributed by atoms with Crippen molar-refractivity contribution in [3.05, 3.63) is 29.8 Å². The molecule has 0 spiro atoms. The fourth-order valence-corrected chi connectivity index (χ4v) is 3.68. The van der Waals surface area contributed by atoms with E-state index < -0.39 is 10.0 Å². The van der Waals surface area contributed by atoms with E-state index in [-0.39, 0.29) is 4.90 Å². The molecule has 0 atom stereocenters. The van der Waals surface area contributed by atoms with E-state index in [1.807, 2.05) is 13.0 Å². The molecule has 0 aromatic heterocycles. The predicted molar refractivity (Wildman–Crippen MR) is 72.9 cm³/mol. The summed E-state index contributed by atoms with van der Waals surface area (Å²) in [6, 6.07) is 8.22. The molecule has 0 amide bonds. The molecule has 1 aliphatic carbocycles. The molecule has 0 unspecified atom stereocenters. The van der Waals surface area contributed by atoms with Gasteiger partial charge in [0, 0.05) is 13.1 Å². The molecule has 0 N–H and O–H groups in total. The van der Waals surface area contributed by atoms with Crippen LogP contribution in [0.1, 0.15) is 31.7 Å². The molecule has 0 heterocycles. The lowest BCUT2D eigenvalue weighted by molar-refractivity contribution is 0.395. The van der Waals surface area contributed by atoms with Crippen LogP contribution in [0.15, 0.2) is 29.2 Å². The fourth-order valence-electron chi connectivity index (χ4n) is 2.02. The first-order chi connectivity index (χ1) is 9.07. The summed E-state index contributed by atoms with van der Waals surface area (Å²) in [4.78, 5) is 0.223. The second kappa shape index (κ2) is 5.72. The summed E-state index contributed by atoms with van der Waals surface area (Å²) in [5.41, 5.74) is 0.379. The number of hydrogen-bond acceptors (Lipinski definition) is 3. The first-order valence-corrected chi connectivity index (χ1v) is 8.02. The van der Waals surface area contributed by atoms with Crippen LogP contribution in [0.5, 0.6) is 0 Å². The van der Waals surface area contributed by atoms with Gasteiger partial charge in [-0.15, -0.1) is 0 Å². The molecule has 2 rings (SSSR count). The minimum absolute atomic E-state index is 0.223. The molecule has 1 aromatic rings. The normalized spacial score (nSPS) is 15.4. The van der Waals surface area contributed by atoms with E-state index in [1.54, 1.807) is 22.5 Å². The molecular formula is C14H18N2O2S. The van der Waals surface area contributed by atoms with E-state index >= 15 is 0 Å². The van der Waals surface area contributed by atoms with Crippen LogP contribution in [0.4, 0.5) is 0 Å². The van der Waals surface area contributed by atoms with Crippen molar-refractivity contribution in [1.82, 2.24) is 4.31 Å². The summed E-state index contributed by atoms with van der Waals surface area (Å²) >= 11 is 0. The monoisotopic (exact) mass is 278 g/mol. The van der Waals surface area contributed by atoms with Gasteiger partial charge in [-0.05, 0) is 43.4 Å². The van der Waals surface area contributed by atoms with Crippen molar-refractivity contribution >= 4 is 10.0 Å². The Morgan fingerprint density at radius 1 is 1.42 bits per heavy atom. The predicted octanol–water partition coefficient (Wildman–Crippen LogP) is 2.37. The maximum Gasteiger partial charge on any atom is 0.243 e. The van der Waals surface area contributed by atoms with Gasteiger partial charge in [-0.25, -0.2) is 8.42 Å². The third-order valence-corrected chi connectivity index (χ3v) is 5.09. The van der Waals surface area contributed by atoms with Crippen LogP contribution in [0, 0.1) is 17.2 Å². The van der Waals surface area contributed by atoms with Gasteiger partial charge >= 0.3 is 0 Å². The van der Waals surface area contributed by atoms with Crippen LogP contribution >= 0.6 is 0 Å². The Bertz CT molecular complexity index is 586. The molecule has 0 bridgehead atoms. The minimum atomic E-state index is -3.47. The molecule has 1 saturated carbocycles. The molecule has 1 fully saturated rings. The Balaban J connectivity index is 2.29. The summed E-state index contributed by atoms with van der Waals surface area (Å²) in [6.45, 7) is 3.11. The van der Waals surface area contributed by atoms with E-state index in [4.69, 9.17) is 5.26 Å². The summed E-state index contributed by atoms with van der Waals surface area (Å²) in [5.74, 6) is 0.514. The van der Waals surface area contributed by atoms with Crippen LogP contribution in [0.2, 0.25) is 0 Å². The largest absolute Gasteiger partial charge is 0.243 e. The lowest BCUT2D eigenvalue weighted by Crippen LogP contribution is -2.33. The zero-order chi connectivity index (χ0) is 13.9. The highest BCUT2D eigenvalue weighted by atomic mass is 32.2. The average Bonchev–Trinajstić information content (AvgIpc) is 3.22. The van der Waals surface area contributed by atoms with Gasteiger partial charge in [0.25, 0.3) is 0 Å². The SMILES string of the molecule is CCCN(CC1CC1)S(=O)(=O)c1cccc(C#N)c1. The lowest BCUT2D eigenvalue weighted by atomic mass is 10.2. The van der Waals surface area contributed by atoms with E-state index in [0.29, 0.717) is 24.6 Å². The lowest BCUT2D eigenvalue weighted by Gasteiger charge is -2.21. The highest BCUT2D eigenvalue weighted by Crippen LogP contribution is 2.31. The first kappa shape index (κ1) is 14.0. The Morgan fingerprint density at radius 3 is 2.74 bits per heavy atom. The smallest absolute Gasteiger partial charge is 0.207 e.